The molecule has 2 rings (SSSR count). The third-order valence-corrected chi connectivity index (χ3v) is 3.79. The summed E-state index contributed by atoms with van der Waals surface area (Å²) in [4.78, 5) is 13.6. The van der Waals surface area contributed by atoms with Crippen LogP contribution >= 0.6 is 11.8 Å². The van der Waals surface area contributed by atoms with Crippen molar-refractivity contribution in [1.29, 1.82) is 0 Å². The van der Waals surface area contributed by atoms with Gasteiger partial charge in [-0.05, 0) is 12.8 Å². The molecule has 1 N–H and O–H groups in total. The highest BCUT2D eigenvalue weighted by Crippen LogP contribution is 2.33. The fourth-order valence-corrected chi connectivity index (χ4v) is 2.46. The molecule has 74 valence electrons. The molecule has 2 aliphatic rings. The fraction of sp³-hybridized carbons (Fsp3) is 0.889. The Balaban J connectivity index is 1.67. The highest BCUT2D eigenvalue weighted by Gasteiger charge is 2.24. The molecule has 4 heteroatoms. The van der Waals surface area contributed by atoms with Crippen molar-refractivity contribution >= 4 is 17.7 Å². The van der Waals surface area contributed by atoms with Crippen molar-refractivity contribution in [3.05, 3.63) is 0 Å². The maximum Gasteiger partial charge on any atom is 0.232 e. The van der Waals surface area contributed by atoms with Crippen LogP contribution in [0.5, 0.6) is 0 Å². The van der Waals surface area contributed by atoms with Crippen molar-refractivity contribution in [2.45, 2.75) is 18.1 Å². The minimum Gasteiger partial charge on any atom is -0.339 e. The number of carbonyl (C=O) groups excluding carboxylic acids is 1. The number of hydrogen-bond donors (Lipinski definition) is 1. The molecule has 2 fully saturated rings. The van der Waals surface area contributed by atoms with Crippen molar-refractivity contribution in [3.63, 3.8) is 0 Å². The van der Waals surface area contributed by atoms with E-state index in [-0.39, 0.29) is 0 Å². The summed E-state index contributed by atoms with van der Waals surface area (Å²) >= 11 is 1.83. The van der Waals surface area contributed by atoms with Gasteiger partial charge < -0.3 is 10.2 Å². The largest absolute Gasteiger partial charge is 0.339 e. The van der Waals surface area contributed by atoms with Gasteiger partial charge >= 0.3 is 0 Å². The van der Waals surface area contributed by atoms with Crippen molar-refractivity contribution in [2.24, 2.45) is 0 Å². The zero-order valence-electron chi connectivity index (χ0n) is 7.79. The van der Waals surface area contributed by atoms with E-state index in [1.165, 1.54) is 12.8 Å². The third-order valence-electron chi connectivity index (χ3n) is 2.44. The number of nitrogens with zero attached hydrogens (tertiary/aromatic N) is 1. The molecule has 0 spiro atoms. The number of nitrogens with one attached hydrogen (secondary N) is 1. The van der Waals surface area contributed by atoms with Gasteiger partial charge in [-0.25, -0.2) is 0 Å². The molecule has 0 unspecified atom stereocenters. The number of hydrogen-bond acceptors (Lipinski definition) is 3. The van der Waals surface area contributed by atoms with E-state index in [0.717, 1.165) is 31.4 Å². The Hall–Kier alpha value is -0.220. The molecular formula is C9H16N2OS. The highest BCUT2D eigenvalue weighted by atomic mass is 32.2. The molecule has 13 heavy (non-hydrogen) atoms. The van der Waals surface area contributed by atoms with Gasteiger partial charge in [0.05, 0.1) is 5.75 Å². The average Bonchev–Trinajstić information content (AvgIpc) is 2.99. The Morgan fingerprint density at radius 3 is 2.69 bits per heavy atom. The smallest absolute Gasteiger partial charge is 0.232 e. The Kier molecular flexibility index (Phi) is 3.11. The molecule has 0 aromatic heterocycles. The minimum atomic E-state index is 0.332. The maximum absolute atomic E-state index is 11.6. The number of piperazine rings is 1. The normalized spacial score (nSPS) is 23.2. The maximum atomic E-state index is 11.6. The molecule has 1 heterocycles. The zero-order chi connectivity index (χ0) is 9.10. The van der Waals surface area contributed by atoms with Crippen LogP contribution in [0, 0.1) is 0 Å². The Labute approximate surface area is 83.2 Å². The average molecular weight is 200 g/mol. The third kappa shape index (κ3) is 2.88. The molecule has 0 bridgehead atoms. The summed E-state index contributed by atoms with van der Waals surface area (Å²) in [7, 11) is 0. The first-order valence-electron chi connectivity index (χ1n) is 4.96. The van der Waals surface area contributed by atoms with Crippen LogP contribution in [0.15, 0.2) is 0 Å². The van der Waals surface area contributed by atoms with E-state index >= 15 is 0 Å². The molecule has 3 nitrogen and oxygen atoms in total. The second-order valence-corrected chi connectivity index (χ2v) is 4.93. The molecule has 0 radical (unpaired) electrons. The van der Waals surface area contributed by atoms with Crippen LogP contribution in [0.25, 0.3) is 0 Å². The van der Waals surface area contributed by atoms with Gasteiger partial charge in [-0.15, -0.1) is 11.8 Å². The molecule has 1 aliphatic heterocycles. The monoisotopic (exact) mass is 200 g/mol. The summed E-state index contributed by atoms with van der Waals surface area (Å²) in [5, 5.41) is 4.04. The van der Waals surface area contributed by atoms with E-state index in [0.29, 0.717) is 11.7 Å². The molecule has 1 saturated heterocycles. The van der Waals surface area contributed by atoms with Crippen molar-refractivity contribution in [1.82, 2.24) is 10.2 Å². The Morgan fingerprint density at radius 1 is 1.38 bits per heavy atom. The van der Waals surface area contributed by atoms with E-state index in [4.69, 9.17) is 0 Å². The Bertz CT molecular complexity index is 188. The van der Waals surface area contributed by atoms with Gasteiger partial charge in [-0.3, -0.25) is 4.79 Å². The lowest BCUT2D eigenvalue weighted by molar-refractivity contribution is -0.128. The van der Waals surface area contributed by atoms with Crippen LogP contribution < -0.4 is 5.32 Å². The fourth-order valence-electron chi connectivity index (χ4n) is 1.43. The number of thioether (sulfide) groups is 1. The van der Waals surface area contributed by atoms with E-state index in [9.17, 15) is 4.79 Å². The van der Waals surface area contributed by atoms with Gasteiger partial charge in [0, 0.05) is 31.4 Å². The van der Waals surface area contributed by atoms with E-state index in [2.05, 4.69) is 5.32 Å². The van der Waals surface area contributed by atoms with Gasteiger partial charge in [0.25, 0.3) is 0 Å². The molecule has 1 amide bonds. The Morgan fingerprint density at radius 2 is 2.08 bits per heavy atom. The second-order valence-electron chi connectivity index (χ2n) is 3.64. The van der Waals surface area contributed by atoms with Crippen LogP contribution in [0.2, 0.25) is 0 Å². The lowest BCUT2D eigenvalue weighted by atomic mass is 10.3. The number of rotatable bonds is 3. The van der Waals surface area contributed by atoms with Crippen LogP contribution in [-0.2, 0) is 4.79 Å². The lowest BCUT2D eigenvalue weighted by Crippen LogP contribution is -2.47. The highest BCUT2D eigenvalue weighted by molar-refractivity contribution is 8.00. The van der Waals surface area contributed by atoms with Crippen molar-refractivity contribution in [2.75, 3.05) is 31.9 Å². The SMILES string of the molecule is O=C(CSC1CC1)N1CCNCC1. The molecule has 0 aromatic rings. The number of amides is 1. The van der Waals surface area contributed by atoms with Crippen LogP contribution in [0.1, 0.15) is 12.8 Å². The summed E-state index contributed by atoms with van der Waals surface area (Å²) in [6.45, 7) is 3.70. The summed E-state index contributed by atoms with van der Waals surface area (Å²) in [5.41, 5.74) is 0. The topological polar surface area (TPSA) is 32.3 Å². The van der Waals surface area contributed by atoms with Gasteiger partial charge in [0.15, 0.2) is 0 Å². The minimum absolute atomic E-state index is 0.332. The van der Waals surface area contributed by atoms with Gasteiger partial charge in [0.1, 0.15) is 0 Å². The first-order chi connectivity index (χ1) is 6.36. The van der Waals surface area contributed by atoms with Crippen molar-refractivity contribution in [3.8, 4) is 0 Å². The number of carbonyl (C=O) groups is 1. The summed E-state index contributed by atoms with van der Waals surface area (Å²) < 4.78 is 0. The molecule has 1 aliphatic carbocycles. The predicted molar refractivity (Wildman–Crippen MR) is 54.9 cm³/mol. The summed E-state index contributed by atoms with van der Waals surface area (Å²) in [6, 6.07) is 0. The van der Waals surface area contributed by atoms with E-state index in [1.54, 1.807) is 0 Å². The zero-order valence-corrected chi connectivity index (χ0v) is 8.61. The molecule has 1 saturated carbocycles. The van der Waals surface area contributed by atoms with Gasteiger partial charge in [-0.1, -0.05) is 0 Å². The van der Waals surface area contributed by atoms with Gasteiger partial charge in [-0.2, -0.15) is 0 Å². The van der Waals surface area contributed by atoms with E-state index < -0.39 is 0 Å². The van der Waals surface area contributed by atoms with Crippen LogP contribution in [0.4, 0.5) is 0 Å². The van der Waals surface area contributed by atoms with E-state index in [1.807, 2.05) is 16.7 Å². The summed E-state index contributed by atoms with van der Waals surface area (Å²) in [5.74, 6) is 1.03. The van der Waals surface area contributed by atoms with Crippen LogP contribution in [0.3, 0.4) is 0 Å². The molecular weight excluding hydrogens is 184 g/mol. The predicted octanol–water partition coefficient (Wildman–Crippen LogP) is 0.314. The molecule has 0 aromatic carbocycles. The van der Waals surface area contributed by atoms with Crippen LogP contribution in [-0.4, -0.2) is 48.0 Å². The van der Waals surface area contributed by atoms with Gasteiger partial charge in [0.2, 0.25) is 5.91 Å². The molecule has 0 atom stereocenters. The first kappa shape index (κ1) is 9.34. The van der Waals surface area contributed by atoms with Crippen molar-refractivity contribution < 1.29 is 4.79 Å². The summed E-state index contributed by atoms with van der Waals surface area (Å²) in [6.07, 6.45) is 2.64. The quantitative estimate of drug-likeness (QED) is 0.712. The lowest BCUT2D eigenvalue weighted by Gasteiger charge is -2.27. The second kappa shape index (κ2) is 4.33. The first-order valence-corrected chi connectivity index (χ1v) is 6.01. The standard InChI is InChI=1S/C9H16N2OS/c12-9(7-13-8-1-2-8)11-5-3-10-4-6-11/h8,10H,1-7H2.